The van der Waals surface area contributed by atoms with E-state index in [-0.39, 0.29) is 6.04 Å². The third kappa shape index (κ3) is 5.29. The molecule has 0 radical (unpaired) electrons. The van der Waals surface area contributed by atoms with Crippen molar-refractivity contribution in [2.24, 2.45) is 0 Å². The summed E-state index contributed by atoms with van der Waals surface area (Å²) < 4.78 is 5.53. The number of anilines is 2. The van der Waals surface area contributed by atoms with E-state index in [2.05, 4.69) is 45.7 Å². The number of carbonyl (C=O) groups is 2. The molecular weight excluding hydrogens is 404 g/mol. The highest BCUT2D eigenvalue weighted by Gasteiger charge is 2.26. The summed E-state index contributed by atoms with van der Waals surface area (Å²) >= 11 is 0. The standard InChI is InChI=1S/C25H32N4O3/c1-18-5-8-21(9-6-18)27-25(31)24(30)26-17-23(29-12-14-32-15-13-29)20-7-10-22-19(16-20)4-3-11-28(22)2/h5-10,16,23H,3-4,11-15,17H2,1-2H3,(H,26,30)(H,27,31)/t23-/m0/s1. The van der Waals surface area contributed by atoms with Gasteiger partial charge in [-0.05, 0) is 49.1 Å². The van der Waals surface area contributed by atoms with Crippen molar-refractivity contribution in [3.05, 3.63) is 59.2 Å². The molecule has 0 spiro atoms. The molecule has 2 N–H and O–H groups in total. The van der Waals surface area contributed by atoms with E-state index in [1.165, 1.54) is 16.8 Å². The van der Waals surface area contributed by atoms with Crippen LogP contribution in [-0.4, -0.2) is 63.2 Å². The third-order valence-electron chi connectivity index (χ3n) is 6.30. The van der Waals surface area contributed by atoms with E-state index in [0.29, 0.717) is 25.4 Å². The second kappa shape index (κ2) is 10.1. The third-order valence-corrected chi connectivity index (χ3v) is 6.30. The van der Waals surface area contributed by atoms with Gasteiger partial charge in [-0.25, -0.2) is 0 Å². The lowest BCUT2D eigenvalue weighted by Crippen LogP contribution is -2.45. The van der Waals surface area contributed by atoms with Gasteiger partial charge < -0.3 is 20.3 Å². The van der Waals surface area contributed by atoms with Crippen molar-refractivity contribution in [1.82, 2.24) is 10.2 Å². The summed E-state index contributed by atoms with van der Waals surface area (Å²) in [5.41, 5.74) is 5.50. The molecule has 0 bridgehead atoms. The Morgan fingerprint density at radius 2 is 1.78 bits per heavy atom. The van der Waals surface area contributed by atoms with Crippen molar-refractivity contribution < 1.29 is 14.3 Å². The van der Waals surface area contributed by atoms with Crippen LogP contribution in [0, 0.1) is 6.92 Å². The van der Waals surface area contributed by atoms with Crippen LogP contribution in [0.5, 0.6) is 0 Å². The van der Waals surface area contributed by atoms with Gasteiger partial charge >= 0.3 is 11.8 Å². The van der Waals surface area contributed by atoms with Crippen LogP contribution in [0.25, 0.3) is 0 Å². The molecule has 0 saturated carbocycles. The zero-order chi connectivity index (χ0) is 22.5. The Morgan fingerprint density at radius 3 is 2.53 bits per heavy atom. The molecule has 7 heteroatoms. The van der Waals surface area contributed by atoms with Crippen LogP contribution < -0.4 is 15.5 Å². The van der Waals surface area contributed by atoms with Crippen LogP contribution in [-0.2, 0) is 20.7 Å². The number of nitrogens with one attached hydrogen (secondary N) is 2. The minimum absolute atomic E-state index is 0.00689. The Kier molecular flexibility index (Phi) is 7.07. The summed E-state index contributed by atoms with van der Waals surface area (Å²) in [6, 6.07) is 14.0. The molecule has 170 valence electrons. The van der Waals surface area contributed by atoms with Crippen molar-refractivity contribution in [2.75, 3.05) is 56.7 Å². The van der Waals surface area contributed by atoms with E-state index >= 15 is 0 Å². The number of ether oxygens (including phenoxy) is 1. The van der Waals surface area contributed by atoms with E-state index in [4.69, 9.17) is 4.74 Å². The van der Waals surface area contributed by atoms with E-state index < -0.39 is 11.8 Å². The highest BCUT2D eigenvalue weighted by molar-refractivity contribution is 6.39. The maximum Gasteiger partial charge on any atom is 0.313 e. The fraction of sp³-hybridized carbons (Fsp3) is 0.440. The quantitative estimate of drug-likeness (QED) is 0.705. The zero-order valence-electron chi connectivity index (χ0n) is 18.9. The van der Waals surface area contributed by atoms with Gasteiger partial charge in [0.25, 0.3) is 0 Å². The summed E-state index contributed by atoms with van der Waals surface area (Å²) in [4.78, 5) is 29.5. The number of benzene rings is 2. The van der Waals surface area contributed by atoms with Gasteiger partial charge in [-0.1, -0.05) is 29.8 Å². The number of hydrogen-bond donors (Lipinski definition) is 2. The number of aryl methyl sites for hydroxylation is 2. The number of morpholine rings is 1. The monoisotopic (exact) mass is 436 g/mol. The number of fused-ring (bicyclic) bond motifs is 1. The lowest BCUT2D eigenvalue weighted by molar-refractivity contribution is -0.136. The van der Waals surface area contributed by atoms with Gasteiger partial charge in [0.1, 0.15) is 0 Å². The first-order chi connectivity index (χ1) is 15.5. The topological polar surface area (TPSA) is 73.9 Å². The summed E-state index contributed by atoms with van der Waals surface area (Å²) in [5.74, 6) is -1.27. The Morgan fingerprint density at radius 1 is 1.03 bits per heavy atom. The smallest absolute Gasteiger partial charge is 0.313 e. The Hall–Kier alpha value is -2.90. The SMILES string of the molecule is Cc1ccc(NC(=O)C(=O)NC[C@@H](c2ccc3c(c2)CCCN3C)N2CCOCC2)cc1. The Labute approximate surface area is 189 Å². The predicted molar refractivity (Wildman–Crippen MR) is 126 cm³/mol. The van der Waals surface area contributed by atoms with Crippen LogP contribution in [0.4, 0.5) is 11.4 Å². The average Bonchev–Trinajstić information content (AvgIpc) is 2.81. The van der Waals surface area contributed by atoms with Crippen LogP contribution in [0.15, 0.2) is 42.5 Å². The molecular formula is C25H32N4O3. The average molecular weight is 437 g/mol. The maximum atomic E-state index is 12.5. The Bertz CT molecular complexity index is 954. The molecule has 32 heavy (non-hydrogen) atoms. The van der Waals surface area contributed by atoms with Crippen molar-refractivity contribution in [3.63, 3.8) is 0 Å². The first-order valence-electron chi connectivity index (χ1n) is 11.3. The van der Waals surface area contributed by atoms with Gasteiger partial charge in [0.2, 0.25) is 0 Å². The molecule has 2 aromatic rings. The predicted octanol–water partition coefficient (Wildman–Crippen LogP) is 2.51. The molecule has 2 aromatic carbocycles. The summed E-state index contributed by atoms with van der Waals surface area (Å²) in [6.07, 6.45) is 2.21. The number of nitrogens with zero attached hydrogens (tertiary/aromatic N) is 2. The van der Waals surface area contributed by atoms with Crippen molar-refractivity contribution in [1.29, 1.82) is 0 Å². The molecule has 2 amide bonds. The highest BCUT2D eigenvalue weighted by Crippen LogP contribution is 2.30. The Balaban J connectivity index is 1.45. The fourth-order valence-electron chi connectivity index (χ4n) is 4.45. The summed E-state index contributed by atoms with van der Waals surface area (Å²) in [7, 11) is 2.13. The number of amides is 2. The highest BCUT2D eigenvalue weighted by atomic mass is 16.5. The van der Waals surface area contributed by atoms with Gasteiger partial charge in [-0.2, -0.15) is 0 Å². The van der Waals surface area contributed by atoms with E-state index in [9.17, 15) is 9.59 Å². The molecule has 0 aromatic heterocycles. The molecule has 0 unspecified atom stereocenters. The van der Waals surface area contributed by atoms with E-state index in [1.807, 2.05) is 19.1 Å². The minimum atomic E-state index is -0.651. The second-order valence-corrected chi connectivity index (χ2v) is 8.61. The van der Waals surface area contributed by atoms with Crippen molar-refractivity contribution in [2.45, 2.75) is 25.8 Å². The van der Waals surface area contributed by atoms with E-state index in [0.717, 1.165) is 38.0 Å². The fourth-order valence-corrected chi connectivity index (χ4v) is 4.45. The molecule has 2 aliphatic heterocycles. The van der Waals surface area contributed by atoms with Crippen molar-refractivity contribution in [3.8, 4) is 0 Å². The molecule has 1 atom stereocenters. The normalized spacial score (nSPS) is 17.4. The first-order valence-corrected chi connectivity index (χ1v) is 11.3. The minimum Gasteiger partial charge on any atom is -0.379 e. The number of hydrogen-bond acceptors (Lipinski definition) is 5. The number of rotatable bonds is 5. The van der Waals surface area contributed by atoms with Crippen LogP contribution >= 0.6 is 0 Å². The number of carbonyl (C=O) groups excluding carboxylic acids is 2. The maximum absolute atomic E-state index is 12.5. The van der Waals surface area contributed by atoms with E-state index in [1.54, 1.807) is 12.1 Å². The van der Waals surface area contributed by atoms with Gasteiger partial charge in [0.15, 0.2) is 0 Å². The molecule has 0 aliphatic carbocycles. The van der Waals surface area contributed by atoms with Crippen LogP contribution in [0.3, 0.4) is 0 Å². The van der Waals surface area contributed by atoms with Gasteiger partial charge in [-0.15, -0.1) is 0 Å². The lowest BCUT2D eigenvalue weighted by Gasteiger charge is -2.36. The zero-order valence-corrected chi connectivity index (χ0v) is 18.9. The van der Waals surface area contributed by atoms with Crippen molar-refractivity contribution >= 4 is 23.2 Å². The summed E-state index contributed by atoms with van der Waals surface area (Å²) in [5, 5.41) is 5.52. The summed E-state index contributed by atoms with van der Waals surface area (Å²) in [6.45, 7) is 6.36. The first kappa shape index (κ1) is 22.3. The molecule has 1 saturated heterocycles. The second-order valence-electron chi connectivity index (χ2n) is 8.61. The largest absolute Gasteiger partial charge is 0.379 e. The molecule has 2 aliphatic rings. The van der Waals surface area contributed by atoms with Gasteiger partial charge in [0, 0.05) is 44.6 Å². The molecule has 7 nitrogen and oxygen atoms in total. The van der Waals surface area contributed by atoms with Gasteiger partial charge in [-0.3, -0.25) is 14.5 Å². The van der Waals surface area contributed by atoms with Crippen LogP contribution in [0.2, 0.25) is 0 Å². The lowest BCUT2D eigenvalue weighted by atomic mass is 9.95. The molecule has 1 fully saturated rings. The van der Waals surface area contributed by atoms with Crippen LogP contribution in [0.1, 0.15) is 29.2 Å². The molecule has 4 rings (SSSR count). The van der Waals surface area contributed by atoms with Gasteiger partial charge in [0.05, 0.1) is 19.3 Å². The molecule has 2 heterocycles.